The molecule has 0 saturated carbocycles. The van der Waals surface area contributed by atoms with E-state index in [1.807, 2.05) is 7.05 Å². The molecular weight excluding hydrogens is 384 g/mol. The second-order valence-electron chi connectivity index (χ2n) is 8.84. The van der Waals surface area contributed by atoms with Gasteiger partial charge < -0.3 is 20.3 Å². The monoisotopic (exact) mass is 420 g/mol. The Morgan fingerprint density at radius 3 is 2.52 bits per heavy atom. The van der Waals surface area contributed by atoms with E-state index in [0.29, 0.717) is 0 Å². The van der Waals surface area contributed by atoms with Crippen molar-refractivity contribution >= 4 is 11.6 Å². The summed E-state index contributed by atoms with van der Waals surface area (Å²) in [4.78, 5) is 7.00. The number of nitrogens with zero attached hydrogens (tertiary/aromatic N) is 2. The van der Waals surface area contributed by atoms with Gasteiger partial charge in [0.1, 0.15) is 0 Å². The first kappa shape index (κ1) is 21.7. The highest BCUT2D eigenvalue weighted by molar-refractivity contribution is 5.80. The third-order valence-corrected chi connectivity index (χ3v) is 6.85. The van der Waals surface area contributed by atoms with Crippen LogP contribution in [-0.4, -0.2) is 45.9 Å². The van der Waals surface area contributed by atoms with Gasteiger partial charge in [-0.1, -0.05) is 42.5 Å². The van der Waals surface area contributed by atoms with Gasteiger partial charge in [-0.25, -0.2) is 0 Å². The lowest BCUT2D eigenvalue weighted by Gasteiger charge is -2.38. The van der Waals surface area contributed by atoms with Crippen molar-refractivity contribution < 1.29 is 4.74 Å². The second-order valence-corrected chi connectivity index (χ2v) is 8.84. The molecule has 0 spiro atoms. The molecule has 2 aliphatic rings. The fraction of sp³-hybridized carbons (Fsp3) is 0.500. The average molecular weight is 421 g/mol. The fourth-order valence-corrected chi connectivity index (χ4v) is 4.82. The molecule has 4 rings (SSSR count). The van der Waals surface area contributed by atoms with E-state index in [2.05, 4.69) is 82.0 Å². The average Bonchev–Trinajstić information content (AvgIpc) is 3.38. The van der Waals surface area contributed by atoms with E-state index in [1.165, 1.54) is 42.7 Å². The Morgan fingerprint density at radius 1 is 1.06 bits per heavy atom. The summed E-state index contributed by atoms with van der Waals surface area (Å²) in [6.45, 7) is 7.00. The maximum Gasteiger partial charge on any atom is 0.191 e. The molecule has 2 fully saturated rings. The molecule has 1 atom stereocenters. The summed E-state index contributed by atoms with van der Waals surface area (Å²) in [6, 6.07) is 19.9. The Kier molecular flexibility index (Phi) is 7.13. The molecule has 2 N–H and O–H groups in total. The smallest absolute Gasteiger partial charge is 0.191 e. The van der Waals surface area contributed by atoms with Crippen LogP contribution in [0, 0.1) is 0 Å². The lowest BCUT2D eigenvalue weighted by molar-refractivity contribution is 0.0513. The number of rotatable bonds is 6. The summed E-state index contributed by atoms with van der Waals surface area (Å²) >= 11 is 0. The molecule has 0 amide bonds. The minimum absolute atomic E-state index is 0.0794. The normalized spacial score (nSPS) is 19.8. The molecule has 2 saturated heterocycles. The van der Waals surface area contributed by atoms with Gasteiger partial charge in [0, 0.05) is 51.0 Å². The van der Waals surface area contributed by atoms with Crippen LogP contribution < -0.4 is 15.5 Å². The predicted octanol–water partition coefficient (Wildman–Crippen LogP) is 4.26. The van der Waals surface area contributed by atoms with Crippen LogP contribution >= 0.6 is 0 Å². The zero-order valence-electron chi connectivity index (χ0n) is 18.9. The molecule has 5 nitrogen and oxygen atoms in total. The van der Waals surface area contributed by atoms with Crippen molar-refractivity contribution in [3.05, 3.63) is 65.7 Å². The summed E-state index contributed by atoms with van der Waals surface area (Å²) in [7, 11) is 1.85. The highest BCUT2D eigenvalue weighted by Gasteiger charge is 2.34. The molecule has 166 valence electrons. The Balaban J connectivity index is 1.41. The largest absolute Gasteiger partial charge is 0.381 e. The maximum absolute atomic E-state index is 5.68. The van der Waals surface area contributed by atoms with Crippen LogP contribution in [0.4, 0.5) is 5.69 Å². The molecular formula is C26H36N4O. The first-order valence-electron chi connectivity index (χ1n) is 11.7. The number of hydrogen-bond acceptors (Lipinski definition) is 3. The van der Waals surface area contributed by atoms with Crippen molar-refractivity contribution in [2.24, 2.45) is 4.99 Å². The van der Waals surface area contributed by atoms with Crippen LogP contribution in [-0.2, 0) is 10.2 Å². The topological polar surface area (TPSA) is 48.9 Å². The quantitative estimate of drug-likeness (QED) is 0.542. The zero-order chi connectivity index (χ0) is 21.5. The number of hydrogen-bond donors (Lipinski definition) is 2. The van der Waals surface area contributed by atoms with Gasteiger partial charge in [0.25, 0.3) is 0 Å². The lowest BCUT2D eigenvalue weighted by atomic mass is 9.74. The van der Waals surface area contributed by atoms with Gasteiger partial charge in [0.05, 0.1) is 6.04 Å². The molecule has 0 bridgehead atoms. The number of benzene rings is 2. The Labute approximate surface area is 186 Å². The number of ether oxygens (including phenoxy) is 1. The predicted molar refractivity (Wildman–Crippen MR) is 129 cm³/mol. The molecule has 5 heteroatoms. The standard InChI is InChI=1S/C26H36N4O/c1-21(22-9-8-12-24(19-22)30-15-6-7-16-30)29-25(27-2)28-20-26(13-17-31-18-14-26)23-10-4-3-5-11-23/h3-5,8-12,19,21H,6-7,13-18,20H2,1-2H3,(H2,27,28,29). The fourth-order valence-electron chi connectivity index (χ4n) is 4.82. The SMILES string of the molecule is CN=C(NCC1(c2ccccc2)CCOCC1)NC(C)c1cccc(N2CCCC2)c1. The second kappa shape index (κ2) is 10.2. The van der Waals surface area contributed by atoms with Crippen molar-refractivity contribution in [1.82, 2.24) is 10.6 Å². The first-order valence-corrected chi connectivity index (χ1v) is 11.7. The van der Waals surface area contributed by atoms with Gasteiger partial charge >= 0.3 is 0 Å². The van der Waals surface area contributed by atoms with Gasteiger partial charge in [0.2, 0.25) is 0 Å². The number of nitrogens with one attached hydrogen (secondary N) is 2. The molecule has 31 heavy (non-hydrogen) atoms. The summed E-state index contributed by atoms with van der Waals surface area (Å²) in [6.07, 6.45) is 4.63. The summed E-state index contributed by atoms with van der Waals surface area (Å²) in [5.74, 6) is 0.848. The highest BCUT2D eigenvalue weighted by Crippen LogP contribution is 2.34. The Bertz CT molecular complexity index is 855. The van der Waals surface area contributed by atoms with Crippen LogP contribution in [0.2, 0.25) is 0 Å². The van der Waals surface area contributed by atoms with E-state index >= 15 is 0 Å². The minimum atomic E-state index is 0.0794. The summed E-state index contributed by atoms with van der Waals surface area (Å²) < 4.78 is 5.68. The number of guanidine groups is 1. The minimum Gasteiger partial charge on any atom is -0.381 e. The molecule has 2 aromatic carbocycles. The molecule has 0 radical (unpaired) electrons. The van der Waals surface area contributed by atoms with E-state index in [4.69, 9.17) is 4.74 Å². The van der Waals surface area contributed by atoms with Crippen LogP contribution in [0.1, 0.15) is 49.8 Å². The van der Waals surface area contributed by atoms with E-state index in [1.54, 1.807) is 0 Å². The third kappa shape index (κ3) is 5.21. The number of aliphatic imine (C=N–C) groups is 1. The van der Waals surface area contributed by atoms with Gasteiger partial charge in [-0.3, -0.25) is 4.99 Å². The van der Waals surface area contributed by atoms with Crippen LogP contribution in [0.25, 0.3) is 0 Å². The molecule has 2 aliphatic heterocycles. The summed E-state index contributed by atoms with van der Waals surface area (Å²) in [5, 5.41) is 7.22. The van der Waals surface area contributed by atoms with Gasteiger partial charge in [-0.05, 0) is 55.9 Å². The Hall–Kier alpha value is -2.53. The summed E-state index contributed by atoms with van der Waals surface area (Å²) in [5.41, 5.74) is 4.08. The number of anilines is 1. The highest BCUT2D eigenvalue weighted by atomic mass is 16.5. The molecule has 2 aromatic rings. The van der Waals surface area contributed by atoms with Gasteiger partial charge in [-0.15, -0.1) is 0 Å². The van der Waals surface area contributed by atoms with Crippen LogP contribution in [0.3, 0.4) is 0 Å². The van der Waals surface area contributed by atoms with Crippen molar-refractivity contribution in [2.45, 2.75) is 44.1 Å². The zero-order valence-corrected chi connectivity index (χ0v) is 18.9. The van der Waals surface area contributed by atoms with Gasteiger partial charge in [0.15, 0.2) is 5.96 Å². The Morgan fingerprint density at radius 2 is 1.81 bits per heavy atom. The van der Waals surface area contributed by atoms with Crippen molar-refractivity contribution in [2.75, 3.05) is 44.8 Å². The molecule has 2 heterocycles. The van der Waals surface area contributed by atoms with E-state index in [9.17, 15) is 0 Å². The third-order valence-electron chi connectivity index (χ3n) is 6.85. The molecule has 0 aromatic heterocycles. The van der Waals surface area contributed by atoms with Crippen molar-refractivity contribution in [3.8, 4) is 0 Å². The van der Waals surface area contributed by atoms with Crippen molar-refractivity contribution in [1.29, 1.82) is 0 Å². The van der Waals surface area contributed by atoms with E-state index < -0.39 is 0 Å². The van der Waals surface area contributed by atoms with Gasteiger partial charge in [-0.2, -0.15) is 0 Å². The van der Waals surface area contributed by atoms with E-state index in [-0.39, 0.29) is 11.5 Å². The first-order chi connectivity index (χ1) is 15.2. The molecule has 1 unspecified atom stereocenters. The van der Waals surface area contributed by atoms with E-state index in [0.717, 1.165) is 38.6 Å². The maximum atomic E-state index is 5.68. The lowest BCUT2D eigenvalue weighted by Crippen LogP contribution is -2.48. The van der Waals surface area contributed by atoms with Crippen LogP contribution in [0.5, 0.6) is 0 Å². The molecule has 0 aliphatic carbocycles. The van der Waals surface area contributed by atoms with Crippen LogP contribution in [0.15, 0.2) is 59.6 Å². The van der Waals surface area contributed by atoms with Crippen molar-refractivity contribution in [3.63, 3.8) is 0 Å².